The van der Waals surface area contributed by atoms with Crippen LogP contribution in [0.1, 0.15) is 59.8 Å². The van der Waals surface area contributed by atoms with Gasteiger partial charge in [0.2, 0.25) is 5.91 Å². The van der Waals surface area contributed by atoms with Gasteiger partial charge in [-0.15, -0.1) is 0 Å². The molecule has 0 aromatic rings. The number of hydroxylamine groups is 2. The van der Waals surface area contributed by atoms with E-state index in [9.17, 15) is 14.4 Å². The Morgan fingerprint density at radius 1 is 1.17 bits per heavy atom. The van der Waals surface area contributed by atoms with Gasteiger partial charge in [-0.25, -0.2) is 0 Å². The third kappa shape index (κ3) is 4.77. The van der Waals surface area contributed by atoms with E-state index >= 15 is 0 Å². The highest BCUT2D eigenvalue weighted by Gasteiger charge is 2.35. The summed E-state index contributed by atoms with van der Waals surface area (Å²) in [4.78, 5) is 43.2. The maximum absolute atomic E-state index is 12.3. The fourth-order valence-electron chi connectivity index (χ4n) is 3.26. The number of imide groups is 1. The van der Waals surface area contributed by atoms with Crippen LogP contribution < -0.4 is 5.32 Å². The zero-order valence-electron chi connectivity index (χ0n) is 15.1. The van der Waals surface area contributed by atoms with Crippen LogP contribution in [0, 0.1) is 0 Å². The minimum absolute atomic E-state index is 0.0636. The average Bonchev–Trinajstić information content (AvgIpc) is 2.81. The van der Waals surface area contributed by atoms with Gasteiger partial charge in [0.05, 0.1) is 6.54 Å². The minimum Gasteiger partial charge on any atom is -0.352 e. The highest BCUT2D eigenvalue weighted by atomic mass is 16.7. The fourth-order valence-corrected chi connectivity index (χ4v) is 3.26. The Labute approximate surface area is 143 Å². The third-order valence-electron chi connectivity index (χ3n) is 4.76. The van der Waals surface area contributed by atoms with Gasteiger partial charge in [0.1, 0.15) is 5.60 Å². The Balaban J connectivity index is 1.81. The third-order valence-corrected chi connectivity index (χ3v) is 4.76. The first kappa shape index (κ1) is 18.9. The van der Waals surface area contributed by atoms with Gasteiger partial charge >= 0.3 is 0 Å². The Morgan fingerprint density at radius 3 is 2.25 bits per heavy atom. The van der Waals surface area contributed by atoms with E-state index in [1.165, 1.54) is 6.42 Å². The molecule has 0 aliphatic carbocycles. The summed E-state index contributed by atoms with van der Waals surface area (Å²) in [7, 11) is 0. The van der Waals surface area contributed by atoms with Gasteiger partial charge in [0.25, 0.3) is 11.8 Å². The maximum Gasteiger partial charge on any atom is 0.254 e. The molecule has 2 heterocycles. The molecule has 7 heteroatoms. The smallest absolute Gasteiger partial charge is 0.254 e. The molecule has 136 valence electrons. The second-order valence-corrected chi connectivity index (χ2v) is 7.51. The first-order valence-electron chi connectivity index (χ1n) is 8.77. The Kier molecular flexibility index (Phi) is 5.98. The van der Waals surface area contributed by atoms with E-state index < -0.39 is 5.60 Å². The summed E-state index contributed by atoms with van der Waals surface area (Å²) in [5, 5.41) is 3.69. The van der Waals surface area contributed by atoms with Gasteiger partial charge in [-0.1, -0.05) is 6.42 Å². The van der Waals surface area contributed by atoms with Crippen LogP contribution in [-0.4, -0.2) is 58.5 Å². The van der Waals surface area contributed by atoms with Crippen molar-refractivity contribution >= 4 is 17.7 Å². The molecule has 0 saturated carbocycles. The molecule has 24 heavy (non-hydrogen) atoms. The standard InChI is InChI=1S/C17H29N3O4/c1-12-6-5-7-13(2)19(12)10-14(21)18-11-17(3,4)24-20-15(22)8-9-16(20)23/h12-13H,5-11H2,1-4H3,(H,18,21). The van der Waals surface area contributed by atoms with Gasteiger partial charge in [0, 0.05) is 31.5 Å². The van der Waals surface area contributed by atoms with E-state index in [1.807, 2.05) is 0 Å². The number of carbonyl (C=O) groups is 3. The van der Waals surface area contributed by atoms with Crippen molar-refractivity contribution in [3.63, 3.8) is 0 Å². The van der Waals surface area contributed by atoms with E-state index in [0.29, 0.717) is 18.6 Å². The summed E-state index contributed by atoms with van der Waals surface area (Å²) in [6.45, 7) is 8.40. The van der Waals surface area contributed by atoms with E-state index in [2.05, 4.69) is 24.1 Å². The van der Waals surface area contributed by atoms with Crippen molar-refractivity contribution in [3.05, 3.63) is 0 Å². The molecule has 2 aliphatic heterocycles. The maximum atomic E-state index is 12.3. The molecule has 0 aromatic heterocycles. The summed E-state index contributed by atoms with van der Waals surface area (Å²) in [6.07, 6.45) is 3.81. The lowest BCUT2D eigenvalue weighted by atomic mass is 9.97. The van der Waals surface area contributed by atoms with Crippen LogP contribution >= 0.6 is 0 Å². The van der Waals surface area contributed by atoms with Crippen molar-refractivity contribution in [2.24, 2.45) is 0 Å². The largest absolute Gasteiger partial charge is 0.352 e. The number of likely N-dealkylation sites (tertiary alicyclic amines) is 1. The summed E-state index contributed by atoms with van der Waals surface area (Å²) in [6, 6.07) is 0.812. The van der Waals surface area contributed by atoms with Crippen LogP contribution in [0.15, 0.2) is 0 Å². The topological polar surface area (TPSA) is 79.0 Å². The molecule has 3 amide bonds. The summed E-state index contributed by atoms with van der Waals surface area (Å²) in [5.74, 6) is -0.711. The van der Waals surface area contributed by atoms with Gasteiger partial charge in [0.15, 0.2) is 0 Å². The van der Waals surface area contributed by atoms with E-state index in [0.717, 1.165) is 17.9 Å². The number of rotatable bonds is 6. The van der Waals surface area contributed by atoms with Crippen LogP contribution in [0.2, 0.25) is 0 Å². The van der Waals surface area contributed by atoms with E-state index in [1.54, 1.807) is 13.8 Å². The van der Waals surface area contributed by atoms with Crippen molar-refractivity contribution in [1.29, 1.82) is 0 Å². The molecule has 7 nitrogen and oxygen atoms in total. The van der Waals surface area contributed by atoms with Crippen LogP contribution in [0.4, 0.5) is 0 Å². The number of piperidine rings is 1. The van der Waals surface area contributed by atoms with Crippen LogP contribution in [0.5, 0.6) is 0 Å². The predicted molar refractivity (Wildman–Crippen MR) is 88.7 cm³/mol. The normalized spacial score (nSPS) is 26.1. The molecular weight excluding hydrogens is 310 g/mol. The molecule has 0 spiro atoms. The first-order chi connectivity index (χ1) is 11.2. The van der Waals surface area contributed by atoms with E-state index in [4.69, 9.17) is 4.84 Å². The lowest BCUT2D eigenvalue weighted by Gasteiger charge is -2.38. The van der Waals surface area contributed by atoms with Gasteiger partial charge in [-0.3, -0.25) is 24.1 Å². The molecule has 2 aliphatic rings. The Bertz CT molecular complexity index is 480. The average molecular weight is 339 g/mol. The van der Waals surface area contributed by atoms with Gasteiger partial charge < -0.3 is 5.32 Å². The molecule has 2 atom stereocenters. The second-order valence-electron chi connectivity index (χ2n) is 7.51. The number of carbonyl (C=O) groups excluding carboxylic acids is 3. The summed E-state index contributed by atoms with van der Waals surface area (Å²) < 4.78 is 0. The summed E-state index contributed by atoms with van der Waals surface area (Å²) in [5.41, 5.74) is -0.829. The minimum atomic E-state index is -0.829. The second kappa shape index (κ2) is 7.61. The van der Waals surface area contributed by atoms with Crippen LogP contribution in [0.3, 0.4) is 0 Å². The quantitative estimate of drug-likeness (QED) is 0.736. The molecule has 2 rings (SSSR count). The van der Waals surface area contributed by atoms with Crippen molar-refractivity contribution < 1.29 is 19.2 Å². The zero-order chi connectivity index (χ0) is 17.9. The predicted octanol–water partition coefficient (Wildman–Crippen LogP) is 1.22. The fraction of sp³-hybridized carbons (Fsp3) is 0.824. The molecule has 2 saturated heterocycles. The molecule has 0 radical (unpaired) electrons. The molecule has 1 N–H and O–H groups in total. The lowest BCUT2D eigenvalue weighted by Crippen LogP contribution is -2.51. The highest BCUT2D eigenvalue weighted by molar-refractivity contribution is 6.00. The Hall–Kier alpha value is -1.47. The SMILES string of the molecule is CC1CCCC(C)N1CC(=O)NCC(C)(C)ON1C(=O)CCC1=O. The van der Waals surface area contributed by atoms with Crippen molar-refractivity contribution in [2.45, 2.75) is 77.5 Å². The molecule has 0 bridgehead atoms. The molecule has 0 aromatic carbocycles. The number of hydrogen-bond donors (Lipinski definition) is 1. The van der Waals surface area contributed by atoms with Gasteiger partial charge in [-0.2, -0.15) is 5.06 Å². The van der Waals surface area contributed by atoms with Crippen molar-refractivity contribution in [2.75, 3.05) is 13.1 Å². The molecule has 2 fully saturated rings. The summed E-state index contributed by atoms with van der Waals surface area (Å²) >= 11 is 0. The monoisotopic (exact) mass is 339 g/mol. The molecule has 2 unspecified atom stereocenters. The molecular formula is C17H29N3O4. The zero-order valence-corrected chi connectivity index (χ0v) is 15.1. The number of amides is 3. The van der Waals surface area contributed by atoms with E-state index in [-0.39, 0.29) is 37.1 Å². The number of hydrogen-bond acceptors (Lipinski definition) is 5. The first-order valence-corrected chi connectivity index (χ1v) is 8.77. The highest BCUT2D eigenvalue weighted by Crippen LogP contribution is 2.22. The van der Waals surface area contributed by atoms with Crippen molar-refractivity contribution in [1.82, 2.24) is 15.3 Å². The number of nitrogens with one attached hydrogen (secondary N) is 1. The van der Waals surface area contributed by atoms with Crippen molar-refractivity contribution in [3.8, 4) is 0 Å². The lowest BCUT2D eigenvalue weighted by molar-refractivity contribution is -0.221. The number of nitrogens with zero attached hydrogens (tertiary/aromatic N) is 2. The van der Waals surface area contributed by atoms with Gasteiger partial charge in [-0.05, 0) is 40.5 Å². The van der Waals surface area contributed by atoms with Crippen LogP contribution in [0.25, 0.3) is 0 Å². The Morgan fingerprint density at radius 2 is 1.71 bits per heavy atom. The van der Waals surface area contributed by atoms with Crippen LogP contribution in [-0.2, 0) is 19.2 Å².